The monoisotopic (exact) mass is 405 g/mol. The average Bonchev–Trinajstić information content (AvgIpc) is 2.68. The smallest absolute Gasteiger partial charge is 0.255 e. The number of nitrogens with one attached hydrogen (secondary N) is 1. The van der Waals surface area contributed by atoms with E-state index >= 15 is 0 Å². The molecule has 0 aliphatic carbocycles. The molecule has 1 heterocycles. The Morgan fingerprint density at radius 2 is 1.93 bits per heavy atom. The van der Waals surface area contributed by atoms with E-state index in [1.165, 1.54) is 7.11 Å². The predicted molar refractivity (Wildman–Crippen MR) is 108 cm³/mol. The van der Waals surface area contributed by atoms with Gasteiger partial charge in [0.2, 0.25) is 0 Å². The third-order valence-corrected chi connectivity index (χ3v) is 4.51. The maximum absolute atomic E-state index is 12.7. The van der Waals surface area contributed by atoms with Crippen molar-refractivity contribution in [3.63, 3.8) is 0 Å². The molecule has 1 N–H and O–H groups in total. The van der Waals surface area contributed by atoms with Crippen LogP contribution in [0.5, 0.6) is 23.0 Å². The Hall–Kier alpha value is -2.60. The summed E-state index contributed by atoms with van der Waals surface area (Å²) in [5.41, 5.74) is 0.967. The van der Waals surface area contributed by atoms with Gasteiger partial charge in [-0.15, -0.1) is 0 Å². The molecule has 0 spiro atoms. The highest BCUT2D eigenvalue weighted by Crippen LogP contribution is 2.37. The highest BCUT2D eigenvalue weighted by Gasteiger charge is 2.18. The summed E-state index contributed by atoms with van der Waals surface area (Å²) in [6.45, 7) is 5.76. The number of carbonyl (C=O) groups excluding carboxylic acids is 1. The fraction of sp³-hybridized carbons (Fsp3) is 0.381. The van der Waals surface area contributed by atoms with E-state index in [4.69, 9.17) is 30.5 Å². The molecule has 2 aromatic rings. The summed E-state index contributed by atoms with van der Waals surface area (Å²) in [6, 6.07) is 8.44. The number of rotatable bonds is 7. The first kappa shape index (κ1) is 20.1. The standard InChI is InChI=1S/C21H24ClNO5/c1-13(2)6-7-28-20-16(22)10-14(11-19(20)25-3)21(24)23-15-4-5-17-18(12-15)27-9-8-26-17/h4-5,10-13H,6-9H2,1-3H3,(H,23,24). The van der Waals surface area contributed by atoms with E-state index in [1.807, 2.05) is 0 Å². The quantitative estimate of drug-likeness (QED) is 0.716. The molecule has 1 aliphatic rings. The van der Waals surface area contributed by atoms with Crippen molar-refractivity contribution in [1.82, 2.24) is 0 Å². The molecule has 0 bridgehead atoms. The minimum absolute atomic E-state index is 0.314. The largest absolute Gasteiger partial charge is 0.493 e. The van der Waals surface area contributed by atoms with Crippen LogP contribution in [0.1, 0.15) is 30.6 Å². The van der Waals surface area contributed by atoms with Crippen LogP contribution in [0.25, 0.3) is 0 Å². The Morgan fingerprint density at radius 3 is 2.64 bits per heavy atom. The number of hydrogen-bond donors (Lipinski definition) is 1. The summed E-state index contributed by atoms with van der Waals surface area (Å²) in [5, 5.41) is 3.16. The van der Waals surface area contributed by atoms with Gasteiger partial charge in [0.25, 0.3) is 5.91 Å². The van der Waals surface area contributed by atoms with Gasteiger partial charge in [0.05, 0.1) is 18.7 Å². The zero-order chi connectivity index (χ0) is 20.1. The Morgan fingerprint density at radius 1 is 1.18 bits per heavy atom. The van der Waals surface area contributed by atoms with Crippen molar-refractivity contribution in [2.75, 3.05) is 32.2 Å². The van der Waals surface area contributed by atoms with Gasteiger partial charge in [-0.2, -0.15) is 0 Å². The minimum atomic E-state index is -0.314. The van der Waals surface area contributed by atoms with Crippen LogP contribution in [0.4, 0.5) is 5.69 Å². The molecule has 0 aromatic heterocycles. The van der Waals surface area contributed by atoms with E-state index in [9.17, 15) is 4.79 Å². The van der Waals surface area contributed by atoms with Crippen molar-refractivity contribution in [2.45, 2.75) is 20.3 Å². The van der Waals surface area contributed by atoms with Gasteiger partial charge in [-0.3, -0.25) is 4.79 Å². The van der Waals surface area contributed by atoms with Gasteiger partial charge in [-0.1, -0.05) is 25.4 Å². The molecule has 150 valence electrons. The lowest BCUT2D eigenvalue weighted by Crippen LogP contribution is -2.16. The maximum atomic E-state index is 12.7. The number of hydrogen-bond acceptors (Lipinski definition) is 5. The average molecular weight is 406 g/mol. The van der Waals surface area contributed by atoms with E-state index in [-0.39, 0.29) is 5.91 Å². The first-order chi connectivity index (χ1) is 13.5. The second kappa shape index (κ2) is 9.06. The van der Waals surface area contributed by atoms with Gasteiger partial charge in [0, 0.05) is 17.3 Å². The Kier molecular flexibility index (Phi) is 6.52. The minimum Gasteiger partial charge on any atom is -0.493 e. The second-order valence-corrected chi connectivity index (χ2v) is 7.24. The number of benzene rings is 2. The number of ether oxygens (including phenoxy) is 4. The number of carbonyl (C=O) groups is 1. The SMILES string of the molecule is COc1cc(C(=O)Nc2ccc3c(c2)OCCO3)cc(Cl)c1OCCC(C)C. The zero-order valence-electron chi connectivity index (χ0n) is 16.2. The summed E-state index contributed by atoms with van der Waals surface area (Å²) in [5.74, 6) is 2.33. The molecule has 2 aromatic carbocycles. The molecule has 6 nitrogen and oxygen atoms in total. The number of amides is 1. The van der Waals surface area contributed by atoms with Crippen LogP contribution in [-0.4, -0.2) is 32.8 Å². The summed E-state index contributed by atoms with van der Waals surface area (Å²) in [7, 11) is 1.52. The molecule has 0 atom stereocenters. The maximum Gasteiger partial charge on any atom is 0.255 e. The zero-order valence-corrected chi connectivity index (χ0v) is 17.0. The van der Waals surface area contributed by atoms with Crippen LogP contribution in [0.15, 0.2) is 30.3 Å². The van der Waals surface area contributed by atoms with Crippen molar-refractivity contribution >= 4 is 23.2 Å². The van der Waals surface area contributed by atoms with Gasteiger partial charge >= 0.3 is 0 Å². The fourth-order valence-corrected chi connectivity index (χ4v) is 2.98. The number of methoxy groups -OCH3 is 1. The fourth-order valence-electron chi connectivity index (χ4n) is 2.71. The molecule has 1 amide bonds. The third kappa shape index (κ3) is 4.81. The molecule has 7 heteroatoms. The van der Waals surface area contributed by atoms with Gasteiger partial charge in [0.1, 0.15) is 13.2 Å². The third-order valence-electron chi connectivity index (χ3n) is 4.23. The van der Waals surface area contributed by atoms with Crippen LogP contribution in [0.3, 0.4) is 0 Å². The van der Waals surface area contributed by atoms with Gasteiger partial charge in [-0.05, 0) is 36.6 Å². The highest BCUT2D eigenvalue weighted by atomic mass is 35.5. The molecule has 0 unspecified atom stereocenters. The first-order valence-electron chi connectivity index (χ1n) is 9.19. The normalized spacial score (nSPS) is 12.6. The topological polar surface area (TPSA) is 66.0 Å². The summed E-state index contributed by atoms with van der Waals surface area (Å²) in [6.07, 6.45) is 0.895. The van der Waals surface area contributed by atoms with Gasteiger partial charge in [-0.25, -0.2) is 0 Å². The highest BCUT2D eigenvalue weighted by molar-refractivity contribution is 6.32. The Labute approximate surface area is 169 Å². The molecule has 1 aliphatic heterocycles. The summed E-state index contributed by atoms with van der Waals surface area (Å²) < 4.78 is 22.2. The first-order valence-corrected chi connectivity index (χ1v) is 9.57. The van der Waals surface area contributed by atoms with Crippen LogP contribution in [0.2, 0.25) is 5.02 Å². The van der Waals surface area contributed by atoms with Crippen molar-refractivity contribution in [3.8, 4) is 23.0 Å². The number of anilines is 1. The second-order valence-electron chi connectivity index (χ2n) is 6.83. The molecule has 0 saturated carbocycles. The summed E-state index contributed by atoms with van der Waals surface area (Å²) >= 11 is 6.35. The van der Waals surface area contributed by atoms with Crippen molar-refractivity contribution in [3.05, 3.63) is 40.9 Å². The molecule has 0 saturated heterocycles. The van der Waals surface area contributed by atoms with Crippen LogP contribution < -0.4 is 24.3 Å². The van der Waals surface area contributed by atoms with Crippen molar-refractivity contribution in [1.29, 1.82) is 0 Å². The predicted octanol–water partition coefficient (Wildman–Crippen LogP) is 4.80. The lowest BCUT2D eigenvalue weighted by molar-refractivity contribution is 0.102. The van der Waals surface area contributed by atoms with E-state index in [0.29, 0.717) is 65.0 Å². The molecule has 0 fully saturated rings. The number of fused-ring (bicyclic) bond motifs is 1. The van der Waals surface area contributed by atoms with Crippen LogP contribution >= 0.6 is 11.6 Å². The lowest BCUT2D eigenvalue weighted by atomic mass is 10.1. The van der Waals surface area contributed by atoms with Gasteiger partial charge < -0.3 is 24.3 Å². The number of halogens is 1. The van der Waals surface area contributed by atoms with E-state index in [2.05, 4.69) is 19.2 Å². The Bertz CT molecular complexity index is 853. The molecule has 3 rings (SSSR count). The van der Waals surface area contributed by atoms with Crippen molar-refractivity contribution < 1.29 is 23.7 Å². The molecule has 0 radical (unpaired) electrons. The van der Waals surface area contributed by atoms with E-state index in [0.717, 1.165) is 6.42 Å². The van der Waals surface area contributed by atoms with Crippen LogP contribution in [-0.2, 0) is 0 Å². The Balaban J connectivity index is 1.75. The van der Waals surface area contributed by atoms with E-state index in [1.54, 1.807) is 30.3 Å². The molecular weight excluding hydrogens is 382 g/mol. The lowest BCUT2D eigenvalue weighted by Gasteiger charge is -2.19. The van der Waals surface area contributed by atoms with E-state index < -0.39 is 0 Å². The van der Waals surface area contributed by atoms with Gasteiger partial charge in [0.15, 0.2) is 23.0 Å². The van der Waals surface area contributed by atoms with Crippen molar-refractivity contribution in [2.24, 2.45) is 5.92 Å². The molecular formula is C21H24ClNO5. The van der Waals surface area contributed by atoms with Crippen LogP contribution in [0, 0.1) is 5.92 Å². The summed E-state index contributed by atoms with van der Waals surface area (Å²) in [4.78, 5) is 12.7. The molecule has 28 heavy (non-hydrogen) atoms.